The number of hydrogen-bond donors (Lipinski definition) is 1. The van der Waals surface area contributed by atoms with E-state index in [0.29, 0.717) is 17.4 Å². The van der Waals surface area contributed by atoms with Crippen LogP contribution in [0.1, 0.15) is 22.5 Å². The van der Waals surface area contributed by atoms with Gasteiger partial charge < -0.3 is 19.4 Å². The number of alkyl halides is 3. The summed E-state index contributed by atoms with van der Waals surface area (Å²) in [6.07, 6.45) is -3.36. The second kappa shape index (κ2) is 11.2. The molecular weight excluding hydrogens is 511 g/mol. The van der Waals surface area contributed by atoms with E-state index >= 15 is 0 Å². The number of nitriles is 1. The van der Waals surface area contributed by atoms with Crippen molar-refractivity contribution >= 4 is 35.2 Å². The van der Waals surface area contributed by atoms with E-state index in [0.717, 1.165) is 23.1 Å². The van der Waals surface area contributed by atoms with Crippen LogP contribution in [0.2, 0.25) is 5.02 Å². The van der Waals surface area contributed by atoms with E-state index < -0.39 is 35.2 Å². The van der Waals surface area contributed by atoms with E-state index in [1.165, 1.54) is 12.1 Å². The smallest absolute Gasteiger partial charge is 0.417 e. The number of amides is 1. The molecule has 3 rings (SSSR count). The maximum absolute atomic E-state index is 13.0. The standard InChI is InChI=1S/C26H21ClF3N3O4/c1-15-10-17(16(2)33(15)20-5-7-21(36-3)8-6-20)11-18(13-31)25(35)37-14-24(34)32-19-4-9-23(27)22(12-19)26(28,29)30/h4-12H,14H2,1-3H3,(H,32,34)/b18-11+. The molecule has 0 saturated carbocycles. The third-order valence-corrected chi connectivity index (χ3v) is 5.66. The van der Waals surface area contributed by atoms with E-state index in [1.807, 2.05) is 30.5 Å². The van der Waals surface area contributed by atoms with Crippen LogP contribution in [-0.4, -0.2) is 30.2 Å². The Morgan fingerprint density at radius 2 is 1.81 bits per heavy atom. The maximum Gasteiger partial charge on any atom is 0.417 e. The van der Waals surface area contributed by atoms with Crippen molar-refractivity contribution in [1.82, 2.24) is 4.57 Å². The number of carbonyl (C=O) groups excluding carboxylic acids is 2. The number of nitrogens with one attached hydrogen (secondary N) is 1. The Bertz CT molecular complexity index is 1400. The van der Waals surface area contributed by atoms with Gasteiger partial charge in [-0.2, -0.15) is 18.4 Å². The Hall–Kier alpha value is -4.23. The summed E-state index contributed by atoms with van der Waals surface area (Å²) >= 11 is 5.56. The van der Waals surface area contributed by atoms with E-state index in [-0.39, 0.29) is 11.3 Å². The van der Waals surface area contributed by atoms with Crippen LogP contribution in [0, 0.1) is 25.2 Å². The van der Waals surface area contributed by atoms with Gasteiger partial charge >= 0.3 is 12.1 Å². The van der Waals surface area contributed by atoms with Crippen molar-refractivity contribution in [3.05, 3.63) is 81.6 Å². The van der Waals surface area contributed by atoms with Crippen molar-refractivity contribution in [2.75, 3.05) is 19.0 Å². The lowest BCUT2D eigenvalue weighted by Crippen LogP contribution is -2.21. The molecule has 0 aliphatic rings. The molecule has 0 saturated heterocycles. The zero-order chi connectivity index (χ0) is 27.3. The van der Waals surface area contributed by atoms with Crippen molar-refractivity contribution < 1.29 is 32.2 Å². The van der Waals surface area contributed by atoms with Crippen molar-refractivity contribution in [3.63, 3.8) is 0 Å². The number of benzene rings is 2. The summed E-state index contributed by atoms with van der Waals surface area (Å²) in [5.41, 5.74) is 1.39. The minimum Gasteiger partial charge on any atom is -0.497 e. The Balaban J connectivity index is 1.71. The number of aryl methyl sites for hydroxylation is 1. The van der Waals surface area contributed by atoms with Crippen LogP contribution < -0.4 is 10.1 Å². The summed E-state index contributed by atoms with van der Waals surface area (Å²) < 4.78 is 51.0. The third kappa shape index (κ3) is 6.51. The van der Waals surface area contributed by atoms with Gasteiger partial charge in [-0.05, 0) is 74.0 Å². The largest absolute Gasteiger partial charge is 0.497 e. The zero-order valence-electron chi connectivity index (χ0n) is 19.9. The highest BCUT2D eigenvalue weighted by Gasteiger charge is 2.33. The Morgan fingerprint density at radius 3 is 2.41 bits per heavy atom. The lowest BCUT2D eigenvalue weighted by molar-refractivity contribution is -0.142. The van der Waals surface area contributed by atoms with Crippen LogP contribution in [0.25, 0.3) is 11.8 Å². The molecule has 192 valence electrons. The monoisotopic (exact) mass is 531 g/mol. The first-order valence-corrected chi connectivity index (χ1v) is 11.1. The van der Waals surface area contributed by atoms with Gasteiger partial charge in [0.05, 0.1) is 17.7 Å². The fraction of sp³-hybridized carbons (Fsp3) is 0.192. The molecule has 0 radical (unpaired) electrons. The molecule has 7 nitrogen and oxygen atoms in total. The van der Waals surface area contributed by atoms with Gasteiger partial charge in [-0.3, -0.25) is 4.79 Å². The highest BCUT2D eigenvalue weighted by molar-refractivity contribution is 6.31. The van der Waals surface area contributed by atoms with E-state index in [4.69, 9.17) is 21.1 Å². The molecule has 1 N–H and O–H groups in total. The second-order valence-corrected chi connectivity index (χ2v) is 8.25. The molecule has 1 aromatic heterocycles. The topological polar surface area (TPSA) is 93.3 Å². The SMILES string of the molecule is COc1ccc(-n2c(C)cc(/C=C(\C#N)C(=O)OCC(=O)Nc3ccc(Cl)c(C(F)(F)F)c3)c2C)cc1. The molecule has 0 aliphatic heterocycles. The summed E-state index contributed by atoms with van der Waals surface area (Å²) in [6.45, 7) is 2.87. The number of methoxy groups -OCH3 is 1. The zero-order valence-corrected chi connectivity index (χ0v) is 20.7. The molecule has 0 unspecified atom stereocenters. The van der Waals surface area contributed by atoms with Gasteiger partial charge in [0.2, 0.25) is 0 Å². The minimum atomic E-state index is -4.71. The van der Waals surface area contributed by atoms with Crippen LogP contribution in [0.3, 0.4) is 0 Å². The van der Waals surface area contributed by atoms with Crippen molar-refractivity contribution in [2.24, 2.45) is 0 Å². The van der Waals surface area contributed by atoms with Crippen LogP contribution in [0.5, 0.6) is 5.75 Å². The normalized spacial score (nSPS) is 11.6. The van der Waals surface area contributed by atoms with Gasteiger partial charge in [0, 0.05) is 22.8 Å². The number of rotatable bonds is 7. The molecule has 1 amide bonds. The van der Waals surface area contributed by atoms with E-state index in [1.54, 1.807) is 31.4 Å². The van der Waals surface area contributed by atoms with Gasteiger partial charge in [0.25, 0.3) is 5.91 Å². The van der Waals surface area contributed by atoms with Crippen LogP contribution in [0.4, 0.5) is 18.9 Å². The van der Waals surface area contributed by atoms with Gasteiger partial charge in [-0.1, -0.05) is 11.6 Å². The first-order chi connectivity index (χ1) is 17.4. The summed E-state index contributed by atoms with van der Waals surface area (Å²) in [5, 5.41) is 11.2. The lowest BCUT2D eigenvalue weighted by atomic mass is 10.1. The molecule has 0 aliphatic carbocycles. The highest BCUT2D eigenvalue weighted by atomic mass is 35.5. The molecular formula is C26H21ClF3N3O4. The molecule has 11 heteroatoms. The molecule has 0 bridgehead atoms. The number of carbonyl (C=O) groups is 2. The molecule has 3 aromatic rings. The molecule has 37 heavy (non-hydrogen) atoms. The van der Waals surface area contributed by atoms with Crippen molar-refractivity contribution in [1.29, 1.82) is 5.26 Å². The molecule has 1 heterocycles. The number of esters is 1. The summed E-state index contributed by atoms with van der Waals surface area (Å²) in [7, 11) is 1.57. The number of halogens is 4. The van der Waals surface area contributed by atoms with Crippen LogP contribution >= 0.6 is 11.6 Å². The number of ether oxygens (including phenoxy) is 2. The number of anilines is 1. The van der Waals surface area contributed by atoms with Gasteiger partial charge in [-0.25, -0.2) is 4.79 Å². The Morgan fingerprint density at radius 1 is 1.14 bits per heavy atom. The first-order valence-electron chi connectivity index (χ1n) is 10.7. The average Bonchev–Trinajstić information content (AvgIpc) is 3.13. The van der Waals surface area contributed by atoms with Gasteiger partial charge in [0.15, 0.2) is 6.61 Å². The number of nitrogens with zero attached hydrogens (tertiary/aromatic N) is 2. The summed E-state index contributed by atoms with van der Waals surface area (Å²) in [5.74, 6) is -1.25. The second-order valence-electron chi connectivity index (χ2n) is 7.85. The lowest BCUT2D eigenvalue weighted by Gasteiger charge is -2.12. The van der Waals surface area contributed by atoms with Crippen molar-refractivity contribution in [3.8, 4) is 17.5 Å². The average molecular weight is 532 g/mol. The van der Waals surface area contributed by atoms with Crippen molar-refractivity contribution in [2.45, 2.75) is 20.0 Å². The molecule has 0 atom stereocenters. The van der Waals surface area contributed by atoms with E-state index in [2.05, 4.69) is 5.32 Å². The maximum atomic E-state index is 13.0. The fourth-order valence-corrected chi connectivity index (χ4v) is 3.81. The summed E-state index contributed by atoms with van der Waals surface area (Å²) in [4.78, 5) is 24.5. The minimum absolute atomic E-state index is 0.181. The predicted octanol–water partition coefficient (Wildman–Crippen LogP) is 5.86. The van der Waals surface area contributed by atoms with Crippen LogP contribution in [0.15, 0.2) is 54.1 Å². The van der Waals surface area contributed by atoms with Gasteiger partial charge in [0.1, 0.15) is 17.4 Å². The first kappa shape index (κ1) is 27.4. The molecule has 0 fully saturated rings. The number of hydrogen-bond acceptors (Lipinski definition) is 5. The fourth-order valence-electron chi connectivity index (χ4n) is 3.58. The highest BCUT2D eigenvalue weighted by Crippen LogP contribution is 2.36. The number of aromatic nitrogens is 1. The molecule has 0 spiro atoms. The van der Waals surface area contributed by atoms with Gasteiger partial charge in [-0.15, -0.1) is 0 Å². The quantitative estimate of drug-likeness (QED) is 0.234. The predicted molar refractivity (Wildman–Crippen MR) is 131 cm³/mol. The Labute approximate surface area is 215 Å². The summed E-state index contributed by atoms with van der Waals surface area (Å²) in [6, 6.07) is 13.7. The Kier molecular flexibility index (Phi) is 8.30. The van der Waals surface area contributed by atoms with E-state index in [9.17, 15) is 28.0 Å². The third-order valence-electron chi connectivity index (χ3n) is 5.33. The molecule has 2 aromatic carbocycles. The van der Waals surface area contributed by atoms with Crippen LogP contribution in [-0.2, 0) is 20.5 Å².